The van der Waals surface area contributed by atoms with Crippen LogP contribution >= 0.6 is 0 Å². The van der Waals surface area contributed by atoms with Crippen LogP contribution in [0.3, 0.4) is 0 Å². The van der Waals surface area contributed by atoms with E-state index in [1.165, 1.54) is 55.4 Å². The summed E-state index contributed by atoms with van der Waals surface area (Å²) in [5.41, 5.74) is 15.2. The van der Waals surface area contributed by atoms with Crippen LogP contribution in [0, 0.1) is 0 Å². The summed E-state index contributed by atoms with van der Waals surface area (Å²) in [6, 6.07) is 69.8. The predicted octanol–water partition coefficient (Wildman–Crippen LogP) is 16.6. The molecule has 68 heavy (non-hydrogen) atoms. The van der Waals surface area contributed by atoms with Gasteiger partial charge in [-0.1, -0.05) is 139 Å². The van der Waals surface area contributed by atoms with Crippen molar-refractivity contribution < 1.29 is 4.74 Å². The fourth-order valence-corrected chi connectivity index (χ4v) is 10.2. The maximum atomic E-state index is 6.87. The topological polar surface area (TPSA) is 38.5 Å². The minimum absolute atomic E-state index is 0.0196. The number of rotatable bonds is 7. The monoisotopic (exact) mass is 883 g/mol. The molecular weight excluding hydrogens is 831 g/mol. The van der Waals surface area contributed by atoms with Crippen LogP contribution in [0.5, 0.6) is 11.5 Å². The van der Waals surface area contributed by atoms with Gasteiger partial charge >= 0.3 is 0 Å². The zero-order chi connectivity index (χ0) is 46.3. The highest BCUT2D eigenvalue weighted by Gasteiger charge is 2.33. The van der Waals surface area contributed by atoms with Crippen LogP contribution in [0.4, 0.5) is 22.7 Å². The first-order valence-corrected chi connectivity index (χ1v) is 23.6. The molecule has 11 aromatic rings. The summed E-state index contributed by atoms with van der Waals surface area (Å²) in [7, 11) is 0. The lowest BCUT2D eigenvalue weighted by atomic mass is 9.80. The maximum Gasteiger partial charge on any atom is 0.137 e. The summed E-state index contributed by atoms with van der Waals surface area (Å²) in [6.07, 6.45) is 1.86. The molecule has 6 nitrogen and oxygen atoms in total. The van der Waals surface area contributed by atoms with Gasteiger partial charge in [-0.3, -0.25) is 4.57 Å². The number of anilines is 4. The standard InChI is InChI=1S/C62H53N5O/c1-61(2,3)42-34-43(62(4,5)6)36-46(35-42)65-40-64(57-27-17-24-49(60(57)65)41-18-8-7-9-19-41)44-20-16-21-47(37-44)68-48-30-31-52-53-38-45(29-32-56(53)67(58(52)39-48)59-28-14-15-33-63-59)66-54-25-12-10-22-50(54)51-23-11-13-26-55(51)66/h7-39H,40H2,1-6H3. The summed E-state index contributed by atoms with van der Waals surface area (Å²) in [4.78, 5) is 9.79. The Bertz CT molecular complexity index is 3640. The van der Waals surface area contributed by atoms with Crippen molar-refractivity contribution in [2.75, 3.05) is 16.5 Å². The Labute approximate surface area is 397 Å². The van der Waals surface area contributed by atoms with E-state index in [1.807, 2.05) is 18.3 Å². The molecule has 6 heteroatoms. The summed E-state index contributed by atoms with van der Waals surface area (Å²) < 4.78 is 11.5. The first kappa shape index (κ1) is 41.3. The molecule has 1 aliphatic rings. The van der Waals surface area contributed by atoms with Crippen LogP contribution in [-0.2, 0) is 10.8 Å². The average molecular weight is 884 g/mol. The van der Waals surface area contributed by atoms with Crippen molar-refractivity contribution in [2.45, 2.75) is 52.4 Å². The highest BCUT2D eigenvalue weighted by molar-refractivity contribution is 6.12. The van der Waals surface area contributed by atoms with Crippen molar-refractivity contribution in [3.63, 3.8) is 0 Å². The van der Waals surface area contributed by atoms with Gasteiger partial charge in [0.25, 0.3) is 0 Å². The fraction of sp³-hybridized carbons (Fsp3) is 0.145. The minimum atomic E-state index is -0.0196. The molecule has 0 atom stereocenters. The first-order valence-electron chi connectivity index (χ1n) is 23.6. The number of fused-ring (bicyclic) bond motifs is 7. The Morgan fingerprint density at radius 1 is 0.426 bits per heavy atom. The second-order valence-corrected chi connectivity index (χ2v) is 20.2. The van der Waals surface area contributed by atoms with Gasteiger partial charge in [0.1, 0.15) is 24.0 Å². The molecule has 332 valence electrons. The zero-order valence-electron chi connectivity index (χ0n) is 39.4. The van der Waals surface area contributed by atoms with Gasteiger partial charge in [0.05, 0.1) is 33.4 Å². The molecule has 0 spiro atoms. The molecular formula is C62H53N5O. The summed E-state index contributed by atoms with van der Waals surface area (Å²) in [5, 5.41) is 4.76. The first-order chi connectivity index (χ1) is 33.0. The van der Waals surface area contributed by atoms with Crippen molar-refractivity contribution in [3.05, 3.63) is 211 Å². The molecule has 0 aliphatic carbocycles. The van der Waals surface area contributed by atoms with Crippen LogP contribution < -0.4 is 14.5 Å². The molecule has 8 aromatic carbocycles. The zero-order valence-corrected chi connectivity index (χ0v) is 39.4. The van der Waals surface area contributed by atoms with E-state index in [2.05, 4.69) is 242 Å². The van der Waals surface area contributed by atoms with Crippen molar-refractivity contribution >= 4 is 66.4 Å². The highest BCUT2D eigenvalue weighted by atomic mass is 16.5. The summed E-state index contributed by atoms with van der Waals surface area (Å²) in [5.74, 6) is 2.37. The third-order valence-electron chi connectivity index (χ3n) is 13.7. The Morgan fingerprint density at radius 2 is 1.07 bits per heavy atom. The maximum absolute atomic E-state index is 6.87. The number of benzene rings is 8. The third-order valence-corrected chi connectivity index (χ3v) is 13.7. The molecule has 0 saturated carbocycles. The smallest absolute Gasteiger partial charge is 0.137 e. The second kappa shape index (κ2) is 15.8. The van der Waals surface area contributed by atoms with Crippen molar-refractivity contribution in [1.82, 2.24) is 14.1 Å². The van der Waals surface area contributed by atoms with Crippen molar-refractivity contribution in [1.29, 1.82) is 0 Å². The van der Waals surface area contributed by atoms with Gasteiger partial charge in [-0.25, -0.2) is 4.98 Å². The van der Waals surface area contributed by atoms with Crippen molar-refractivity contribution in [2.24, 2.45) is 0 Å². The number of para-hydroxylation sites is 3. The Balaban J connectivity index is 0.950. The fourth-order valence-electron chi connectivity index (χ4n) is 10.2. The van der Waals surface area contributed by atoms with Gasteiger partial charge in [0.15, 0.2) is 0 Å². The minimum Gasteiger partial charge on any atom is -0.457 e. The van der Waals surface area contributed by atoms with Crippen LogP contribution in [0.1, 0.15) is 52.7 Å². The molecule has 3 aromatic heterocycles. The lowest BCUT2D eigenvalue weighted by Crippen LogP contribution is -2.25. The number of hydrogen-bond acceptors (Lipinski definition) is 4. The summed E-state index contributed by atoms with van der Waals surface area (Å²) >= 11 is 0. The van der Waals surface area contributed by atoms with Gasteiger partial charge in [-0.2, -0.15) is 0 Å². The number of pyridine rings is 1. The van der Waals surface area contributed by atoms with E-state index >= 15 is 0 Å². The van der Waals surface area contributed by atoms with Crippen LogP contribution in [0.15, 0.2) is 200 Å². The van der Waals surface area contributed by atoms with E-state index in [4.69, 9.17) is 9.72 Å². The molecule has 0 radical (unpaired) electrons. The van der Waals surface area contributed by atoms with Crippen LogP contribution in [0.2, 0.25) is 0 Å². The van der Waals surface area contributed by atoms with E-state index in [-0.39, 0.29) is 10.8 Å². The highest BCUT2D eigenvalue weighted by Crippen LogP contribution is 2.51. The Hall–Kier alpha value is -8.09. The summed E-state index contributed by atoms with van der Waals surface area (Å²) in [6.45, 7) is 14.5. The average Bonchev–Trinajstić information content (AvgIpc) is 4.02. The van der Waals surface area contributed by atoms with E-state index < -0.39 is 0 Å². The third kappa shape index (κ3) is 6.98. The van der Waals surface area contributed by atoms with Crippen LogP contribution in [-0.4, -0.2) is 20.8 Å². The molecule has 0 bridgehead atoms. The van der Waals surface area contributed by atoms with Gasteiger partial charge < -0.3 is 19.1 Å². The lowest BCUT2D eigenvalue weighted by Gasteiger charge is -2.30. The normalized spacial score (nSPS) is 13.0. The SMILES string of the molecule is CC(C)(C)c1cc(N2CN(c3cccc(Oc4ccc5c6cc(-n7c8ccccc8c8ccccc87)ccc6n(-c6ccccn6)c5c4)c3)c3cccc(-c4ccccc4)c32)cc(C(C)(C)C)c1. The molecule has 1 aliphatic heterocycles. The molecule has 0 amide bonds. The number of nitrogens with zero attached hydrogens (tertiary/aromatic N) is 5. The largest absolute Gasteiger partial charge is 0.457 e. The van der Waals surface area contributed by atoms with Gasteiger partial charge in [-0.05, 0) is 112 Å². The van der Waals surface area contributed by atoms with Gasteiger partial charge in [0, 0.05) is 62.5 Å². The van der Waals surface area contributed by atoms with Crippen molar-refractivity contribution in [3.8, 4) is 34.1 Å². The molecule has 12 rings (SSSR count). The van der Waals surface area contributed by atoms with Gasteiger partial charge in [-0.15, -0.1) is 0 Å². The van der Waals surface area contributed by atoms with Gasteiger partial charge in [0.2, 0.25) is 0 Å². The number of aromatic nitrogens is 3. The molecule has 4 heterocycles. The van der Waals surface area contributed by atoms with E-state index in [0.29, 0.717) is 6.67 Å². The van der Waals surface area contributed by atoms with E-state index in [9.17, 15) is 0 Å². The van der Waals surface area contributed by atoms with E-state index in [1.54, 1.807) is 0 Å². The number of ether oxygens (including phenoxy) is 1. The molecule has 0 saturated heterocycles. The molecule has 0 N–H and O–H groups in total. The number of hydrogen-bond donors (Lipinski definition) is 0. The van der Waals surface area contributed by atoms with E-state index in [0.717, 1.165) is 56.2 Å². The second-order valence-electron chi connectivity index (χ2n) is 20.2. The quantitative estimate of drug-likeness (QED) is 0.160. The Kier molecular flexibility index (Phi) is 9.59. The molecule has 0 fully saturated rings. The predicted molar refractivity (Wildman–Crippen MR) is 284 cm³/mol. The molecule has 0 unspecified atom stereocenters. The van der Waals surface area contributed by atoms with Crippen LogP contribution in [0.25, 0.3) is 66.2 Å². The Morgan fingerprint density at radius 3 is 1.78 bits per heavy atom. The lowest BCUT2D eigenvalue weighted by molar-refractivity contribution is 0.483.